The molecule has 1 aromatic rings. The molecule has 8 heteroatoms. The molecule has 116 valence electrons. The number of thioether (sulfide) groups is 1. The van der Waals surface area contributed by atoms with Crippen molar-refractivity contribution in [3.63, 3.8) is 0 Å². The fourth-order valence-electron chi connectivity index (χ4n) is 2.46. The van der Waals surface area contributed by atoms with Gasteiger partial charge in [0.1, 0.15) is 11.3 Å². The SMILES string of the molecule is CSC1CCCC1NS(=O)(=O)c1ccc(O)c(C(=O)O)c1. The molecule has 0 amide bonds. The fraction of sp³-hybridized carbons (Fsp3) is 0.462. The molecule has 0 spiro atoms. The van der Waals surface area contributed by atoms with E-state index in [4.69, 9.17) is 5.11 Å². The molecular weight excluding hydrogens is 314 g/mol. The van der Waals surface area contributed by atoms with Crippen molar-refractivity contribution in [3.8, 4) is 5.75 Å². The number of benzene rings is 1. The van der Waals surface area contributed by atoms with Gasteiger partial charge in [-0.2, -0.15) is 11.8 Å². The molecular formula is C13H17NO5S2. The summed E-state index contributed by atoms with van der Waals surface area (Å²) in [6, 6.07) is 3.11. The maximum Gasteiger partial charge on any atom is 0.339 e. The van der Waals surface area contributed by atoms with Crippen LogP contribution in [-0.4, -0.2) is 42.1 Å². The molecule has 1 aliphatic carbocycles. The summed E-state index contributed by atoms with van der Waals surface area (Å²) in [6.45, 7) is 0. The number of sulfonamides is 1. The molecule has 6 nitrogen and oxygen atoms in total. The average molecular weight is 331 g/mol. The van der Waals surface area contributed by atoms with Gasteiger partial charge in [0.05, 0.1) is 4.90 Å². The molecule has 2 unspecified atom stereocenters. The zero-order chi connectivity index (χ0) is 15.6. The Morgan fingerprint density at radius 3 is 2.71 bits per heavy atom. The van der Waals surface area contributed by atoms with E-state index < -0.39 is 27.3 Å². The van der Waals surface area contributed by atoms with Crippen LogP contribution in [0.2, 0.25) is 0 Å². The lowest BCUT2D eigenvalue weighted by atomic mass is 10.2. The van der Waals surface area contributed by atoms with Gasteiger partial charge in [0.15, 0.2) is 0 Å². The van der Waals surface area contributed by atoms with E-state index in [-0.39, 0.29) is 16.2 Å². The van der Waals surface area contributed by atoms with Crippen LogP contribution in [0.4, 0.5) is 0 Å². The van der Waals surface area contributed by atoms with Crippen LogP contribution in [0.1, 0.15) is 29.6 Å². The largest absolute Gasteiger partial charge is 0.507 e. The molecule has 1 aliphatic rings. The van der Waals surface area contributed by atoms with Gasteiger partial charge in [-0.25, -0.2) is 17.9 Å². The summed E-state index contributed by atoms with van der Waals surface area (Å²) < 4.78 is 27.3. The Hall–Kier alpha value is -1.25. The first kappa shape index (κ1) is 16.1. The molecule has 3 N–H and O–H groups in total. The molecule has 2 atom stereocenters. The Morgan fingerprint density at radius 1 is 1.38 bits per heavy atom. The zero-order valence-corrected chi connectivity index (χ0v) is 13.1. The van der Waals surface area contributed by atoms with E-state index in [0.717, 1.165) is 31.4 Å². The molecule has 0 bridgehead atoms. The first-order valence-electron chi connectivity index (χ1n) is 6.46. The molecule has 0 aliphatic heterocycles. The van der Waals surface area contributed by atoms with Crippen LogP contribution in [0.15, 0.2) is 23.1 Å². The number of carboxylic acids is 1. The quantitative estimate of drug-likeness (QED) is 0.758. The molecule has 21 heavy (non-hydrogen) atoms. The number of aromatic hydroxyl groups is 1. The summed E-state index contributed by atoms with van der Waals surface area (Å²) in [4.78, 5) is 10.8. The van der Waals surface area contributed by atoms with E-state index >= 15 is 0 Å². The molecule has 0 saturated heterocycles. The predicted molar refractivity (Wildman–Crippen MR) is 80.3 cm³/mol. The smallest absolute Gasteiger partial charge is 0.339 e. The number of carboxylic acid groups (broad SMARTS) is 1. The van der Waals surface area contributed by atoms with Crippen LogP contribution in [0.3, 0.4) is 0 Å². The van der Waals surface area contributed by atoms with Crippen LogP contribution in [0, 0.1) is 0 Å². The highest BCUT2D eigenvalue weighted by Gasteiger charge is 2.31. The first-order valence-corrected chi connectivity index (χ1v) is 9.23. The van der Waals surface area contributed by atoms with Gasteiger partial charge in [0.25, 0.3) is 0 Å². The summed E-state index contributed by atoms with van der Waals surface area (Å²) in [7, 11) is -3.80. The van der Waals surface area contributed by atoms with Gasteiger partial charge in [-0.05, 0) is 37.3 Å². The van der Waals surface area contributed by atoms with Crippen LogP contribution in [0.5, 0.6) is 5.75 Å². The summed E-state index contributed by atoms with van der Waals surface area (Å²) in [5.41, 5.74) is -0.425. The minimum atomic E-state index is -3.80. The lowest BCUT2D eigenvalue weighted by molar-refractivity contribution is 0.0693. The second kappa shape index (κ2) is 6.25. The Bertz CT molecular complexity index is 644. The highest BCUT2D eigenvalue weighted by atomic mass is 32.2. The van der Waals surface area contributed by atoms with E-state index in [9.17, 15) is 18.3 Å². The van der Waals surface area contributed by atoms with Crippen molar-refractivity contribution in [1.29, 1.82) is 0 Å². The third-order valence-corrected chi connectivity index (χ3v) is 6.23. The van der Waals surface area contributed by atoms with Crippen LogP contribution in [-0.2, 0) is 10.0 Å². The number of hydrogen-bond donors (Lipinski definition) is 3. The Kier molecular flexibility index (Phi) is 4.80. The number of aromatic carboxylic acids is 1. The summed E-state index contributed by atoms with van der Waals surface area (Å²) >= 11 is 1.63. The zero-order valence-electron chi connectivity index (χ0n) is 11.4. The number of nitrogens with one attached hydrogen (secondary N) is 1. The summed E-state index contributed by atoms with van der Waals surface area (Å²) in [5, 5.41) is 18.6. The highest BCUT2D eigenvalue weighted by Crippen LogP contribution is 2.30. The average Bonchev–Trinajstić information content (AvgIpc) is 2.85. The van der Waals surface area contributed by atoms with Crippen molar-refractivity contribution in [2.45, 2.75) is 35.4 Å². The van der Waals surface area contributed by atoms with Crippen molar-refractivity contribution in [2.75, 3.05) is 6.26 Å². The summed E-state index contributed by atoms with van der Waals surface area (Å²) in [5.74, 6) is -1.82. The normalized spacial score (nSPS) is 22.3. The van der Waals surface area contributed by atoms with Gasteiger partial charge in [-0.1, -0.05) is 6.42 Å². The Labute approximate surface area is 127 Å². The van der Waals surface area contributed by atoms with Crippen molar-refractivity contribution in [2.24, 2.45) is 0 Å². The summed E-state index contributed by atoms with van der Waals surface area (Å²) in [6.07, 6.45) is 4.65. The minimum Gasteiger partial charge on any atom is -0.507 e. The van der Waals surface area contributed by atoms with Gasteiger partial charge >= 0.3 is 5.97 Å². The Balaban J connectivity index is 2.27. The standard InChI is InChI=1S/C13H17NO5S2/c1-20-12-4-2-3-10(12)14-21(18,19)8-5-6-11(15)9(7-8)13(16)17/h5-7,10,12,14-15H,2-4H2,1H3,(H,16,17). The van der Waals surface area contributed by atoms with E-state index in [1.54, 1.807) is 11.8 Å². The van der Waals surface area contributed by atoms with E-state index in [1.807, 2.05) is 6.26 Å². The molecule has 1 fully saturated rings. The lowest BCUT2D eigenvalue weighted by Crippen LogP contribution is -2.38. The van der Waals surface area contributed by atoms with Gasteiger partial charge in [-0.3, -0.25) is 0 Å². The molecule has 2 rings (SSSR count). The topological polar surface area (TPSA) is 104 Å². The van der Waals surface area contributed by atoms with Gasteiger partial charge in [-0.15, -0.1) is 0 Å². The highest BCUT2D eigenvalue weighted by molar-refractivity contribution is 7.99. The number of phenols is 1. The lowest BCUT2D eigenvalue weighted by Gasteiger charge is -2.19. The van der Waals surface area contributed by atoms with Crippen LogP contribution in [0.25, 0.3) is 0 Å². The maximum absolute atomic E-state index is 12.3. The van der Waals surface area contributed by atoms with E-state index in [2.05, 4.69) is 4.72 Å². The van der Waals surface area contributed by atoms with E-state index in [0.29, 0.717) is 0 Å². The van der Waals surface area contributed by atoms with Gasteiger partial charge in [0.2, 0.25) is 10.0 Å². The monoisotopic (exact) mass is 331 g/mol. The molecule has 1 aromatic carbocycles. The van der Waals surface area contributed by atoms with Crippen molar-refractivity contribution in [1.82, 2.24) is 4.72 Å². The second-order valence-electron chi connectivity index (χ2n) is 4.92. The van der Waals surface area contributed by atoms with Gasteiger partial charge in [0, 0.05) is 11.3 Å². The number of rotatable bonds is 5. The van der Waals surface area contributed by atoms with Crippen LogP contribution < -0.4 is 4.72 Å². The molecule has 0 radical (unpaired) electrons. The van der Waals surface area contributed by atoms with E-state index in [1.165, 1.54) is 6.07 Å². The third-order valence-electron chi connectivity index (χ3n) is 3.57. The maximum atomic E-state index is 12.3. The minimum absolute atomic E-state index is 0.146. The number of hydrogen-bond acceptors (Lipinski definition) is 5. The molecule has 0 aromatic heterocycles. The van der Waals surface area contributed by atoms with Crippen molar-refractivity contribution < 1.29 is 23.4 Å². The van der Waals surface area contributed by atoms with Gasteiger partial charge < -0.3 is 10.2 Å². The third kappa shape index (κ3) is 3.50. The van der Waals surface area contributed by atoms with Crippen molar-refractivity contribution in [3.05, 3.63) is 23.8 Å². The second-order valence-corrected chi connectivity index (χ2v) is 7.71. The first-order chi connectivity index (χ1) is 9.85. The molecule has 0 heterocycles. The van der Waals surface area contributed by atoms with Crippen molar-refractivity contribution >= 4 is 27.8 Å². The predicted octanol–water partition coefficient (Wildman–Crippen LogP) is 1.65. The Morgan fingerprint density at radius 2 is 2.10 bits per heavy atom. The van der Waals surface area contributed by atoms with Crippen LogP contribution >= 0.6 is 11.8 Å². The number of carbonyl (C=O) groups is 1. The fourth-order valence-corrected chi connectivity index (χ4v) is 4.82. The molecule has 1 saturated carbocycles.